The third kappa shape index (κ3) is 4.42. The maximum atomic E-state index is 13.5. The normalized spacial score (nSPS) is 18.2. The molecule has 1 N–H and O–H groups in total. The van der Waals surface area contributed by atoms with E-state index in [4.69, 9.17) is 22.3 Å². The molecule has 4 rings (SSSR count). The zero-order valence-corrected chi connectivity index (χ0v) is 19.4. The standard InChI is InChI=1S/C22H24N4O4S2/c1-14-7-5-11-25-18(14)23-19(24-9-3-2-4-10-24)15(20(25)29)13-16-21(30)26(22(31)32-16)12-6-8-17(27)28/h5,7,11,13H,2-4,6,8-10,12H2,1H3,(H,27,28). The lowest BCUT2D eigenvalue weighted by molar-refractivity contribution is -0.137. The number of thiocarbonyl (C=S) groups is 1. The molecule has 0 spiro atoms. The molecule has 2 aliphatic heterocycles. The van der Waals surface area contributed by atoms with Gasteiger partial charge < -0.3 is 10.0 Å². The average Bonchev–Trinajstić information content (AvgIpc) is 3.04. The van der Waals surface area contributed by atoms with Crippen LogP contribution in [0.5, 0.6) is 0 Å². The molecular weight excluding hydrogens is 448 g/mol. The molecule has 2 aromatic heterocycles. The second-order valence-corrected chi connectivity index (χ2v) is 9.59. The molecule has 2 aromatic rings. The number of anilines is 1. The molecule has 2 fully saturated rings. The third-order valence-electron chi connectivity index (χ3n) is 5.64. The van der Waals surface area contributed by atoms with Crippen LogP contribution in [-0.4, -0.2) is 55.2 Å². The van der Waals surface area contributed by atoms with Gasteiger partial charge in [0.25, 0.3) is 11.5 Å². The topological polar surface area (TPSA) is 95.2 Å². The fourth-order valence-corrected chi connectivity index (χ4v) is 5.28. The van der Waals surface area contributed by atoms with Crippen LogP contribution in [0.25, 0.3) is 11.7 Å². The van der Waals surface area contributed by atoms with E-state index in [1.807, 2.05) is 13.0 Å². The number of pyridine rings is 1. The minimum absolute atomic E-state index is 0.0372. The van der Waals surface area contributed by atoms with Gasteiger partial charge >= 0.3 is 5.97 Å². The molecule has 0 aromatic carbocycles. The van der Waals surface area contributed by atoms with Gasteiger partial charge in [-0.15, -0.1) is 0 Å². The fourth-order valence-electron chi connectivity index (χ4n) is 3.99. The number of piperidine rings is 1. The van der Waals surface area contributed by atoms with Crippen molar-refractivity contribution in [2.24, 2.45) is 0 Å². The van der Waals surface area contributed by atoms with Crippen LogP contribution in [0, 0.1) is 6.92 Å². The number of amides is 1. The van der Waals surface area contributed by atoms with Gasteiger partial charge in [0.15, 0.2) is 0 Å². The Hall–Kier alpha value is -2.72. The van der Waals surface area contributed by atoms with Gasteiger partial charge in [0, 0.05) is 32.3 Å². The molecule has 168 valence electrons. The summed E-state index contributed by atoms with van der Waals surface area (Å²) in [7, 11) is 0. The van der Waals surface area contributed by atoms with Gasteiger partial charge in [-0.3, -0.25) is 23.7 Å². The molecule has 2 aliphatic rings. The number of aryl methyl sites for hydroxylation is 1. The van der Waals surface area contributed by atoms with E-state index in [2.05, 4.69) is 4.90 Å². The minimum Gasteiger partial charge on any atom is -0.481 e. The van der Waals surface area contributed by atoms with Crippen molar-refractivity contribution in [2.45, 2.75) is 39.0 Å². The Balaban J connectivity index is 1.76. The van der Waals surface area contributed by atoms with E-state index in [-0.39, 0.29) is 24.4 Å². The lowest BCUT2D eigenvalue weighted by Gasteiger charge is -2.29. The van der Waals surface area contributed by atoms with Gasteiger partial charge in [0.1, 0.15) is 15.8 Å². The lowest BCUT2D eigenvalue weighted by atomic mass is 10.1. The Kier molecular flexibility index (Phi) is 6.61. The number of fused-ring (bicyclic) bond motifs is 1. The van der Waals surface area contributed by atoms with E-state index >= 15 is 0 Å². The Morgan fingerprint density at radius 1 is 1.28 bits per heavy atom. The van der Waals surface area contributed by atoms with Gasteiger partial charge in [-0.2, -0.15) is 0 Å². The summed E-state index contributed by atoms with van der Waals surface area (Å²) in [6, 6.07) is 3.72. The molecule has 0 unspecified atom stereocenters. The summed E-state index contributed by atoms with van der Waals surface area (Å²) in [5.74, 6) is -0.619. The number of nitrogens with zero attached hydrogens (tertiary/aromatic N) is 4. The molecule has 2 saturated heterocycles. The number of hydrogen-bond donors (Lipinski definition) is 1. The zero-order chi connectivity index (χ0) is 22.8. The van der Waals surface area contributed by atoms with Crippen molar-refractivity contribution in [3.05, 3.63) is 44.7 Å². The van der Waals surface area contributed by atoms with Crippen molar-refractivity contribution in [1.29, 1.82) is 0 Å². The van der Waals surface area contributed by atoms with Crippen molar-refractivity contribution >= 4 is 57.7 Å². The molecule has 32 heavy (non-hydrogen) atoms. The summed E-state index contributed by atoms with van der Waals surface area (Å²) < 4.78 is 1.89. The number of carboxylic acid groups (broad SMARTS) is 1. The number of carbonyl (C=O) groups excluding carboxylic acids is 1. The van der Waals surface area contributed by atoms with Crippen molar-refractivity contribution in [3.63, 3.8) is 0 Å². The molecule has 0 aliphatic carbocycles. The summed E-state index contributed by atoms with van der Waals surface area (Å²) in [5, 5.41) is 8.86. The van der Waals surface area contributed by atoms with Gasteiger partial charge in [-0.25, -0.2) is 4.98 Å². The Labute approximate surface area is 194 Å². The number of hydrogen-bond acceptors (Lipinski definition) is 7. The molecule has 0 saturated carbocycles. The highest BCUT2D eigenvalue weighted by Crippen LogP contribution is 2.34. The van der Waals surface area contributed by atoms with Crippen LogP contribution in [0.3, 0.4) is 0 Å². The third-order valence-corrected chi connectivity index (χ3v) is 7.02. The first-order chi connectivity index (χ1) is 15.4. The predicted octanol–water partition coefficient (Wildman–Crippen LogP) is 3.06. The molecule has 0 bridgehead atoms. The molecular formula is C22H24N4O4S2. The minimum atomic E-state index is -0.914. The summed E-state index contributed by atoms with van der Waals surface area (Å²) in [6.07, 6.45) is 6.76. The average molecular weight is 473 g/mol. The second-order valence-electron chi connectivity index (χ2n) is 7.92. The molecule has 10 heteroatoms. The molecule has 4 heterocycles. The highest BCUT2D eigenvalue weighted by atomic mass is 32.2. The highest BCUT2D eigenvalue weighted by molar-refractivity contribution is 8.26. The number of carbonyl (C=O) groups is 2. The molecule has 0 radical (unpaired) electrons. The van der Waals surface area contributed by atoms with Crippen LogP contribution in [0.1, 0.15) is 43.2 Å². The summed E-state index contributed by atoms with van der Waals surface area (Å²) in [4.78, 5) is 46.0. The zero-order valence-electron chi connectivity index (χ0n) is 17.7. The predicted molar refractivity (Wildman–Crippen MR) is 129 cm³/mol. The van der Waals surface area contributed by atoms with E-state index in [0.29, 0.717) is 32.7 Å². The molecule has 1 amide bonds. The van der Waals surface area contributed by atoms with Crippen molar-refractivity contribution in [1.82, 2.24) is 14.3 Å². The van der Waals surface area contributed by atoms with E-state index < -0.39 is 5.97 Å². The fraction of sp³-hybridized carbons (Fsp3) is 0.409. The van der Waals surface area contributed by atoms with Crippen LogP contribution in [0.4, 0.5) is 5.82 Å². The van der Waals surface area contributed by atoms with E-state index in [0.717, 1.165) is 49.7 Å². The van der Waals surface area contributed by atoms with Gasteiger partial charge in [-0.1, -0.05) is 30.0 Å². The first-order valence-electron chi connectivity index (χ1n) is 10.6. The van der Waals surface area contributed by atoms with Crippen LogP contribution < -0.4 is 10.5 Å². The van der Waals surface area contributed by atoms with Crippen LogP contribution in [0.2, 0.25) is 0 Å². The van der Waals surface area contributed by atoms with E-state index in [9.17, 15) is 14.4 Å². The quantitative estimate of drug-likeness (QED) is 0.506. The molecule has 0 atom stereocenters. The summed E-state index contributed by atoms with van der Waals surface area (Å²) >= 11 is 6.48. The maximum absolute atomic E-state index is 13.5. The first-order valence-corrected chi connectivity index (χ1v) is 11.8. The first kappa shape index (κ1) is 22.5. The highest BCUT2D eigenvalue weighted by Gasteiger charge is 2.33. The maximum Gasteiger partial charge on any atom is 0.303 e. The largest absolute Gasteiger partial charge is 0.481 e. The summed E-state index contributed by atoms with van der Waals surface area (Å²) in [5.41, 5.74) is 1.66. The van der Waals surface area contributed by atoms with Crippen molar-refractivity contribution in [2.75, 3.05) is 24.5 Å². The monoisotopic (exact) mass is 472 g/mol. The van der Waals surface area contributed by atoms with E-state index in [1.54, 1.807) is 18.3 Å². The number of aromatic nitrogens is 2. The van der Waals surface area contributed by atoms with Crippen LogP contribution >= 0.6 is 24.0 Å². The van der Waals surface area contributed by atoms with Gasteiger partial charge in [0.05, 0.1) is 10.5 Å². The van der Waals surface area contributed by atoms with Crippen LogP contribution in [-0.2, 0) is 9.59 Å². The number of rotatable bonds is 6. The SMILES string of the molecule is Cc1cccn2c(=O)c(C=C3SC(=S)N(CCCC(=O)O)C3=O)c(N3CCCCC3)nc12. The number of carboxylic acids is 1. The van der Waals surface area contributed by atoms with Crippen molar-refractivity contribution in [3.8, 4) is 0 Å². The number of thioether (sulfide) groups is 1. The smallest absolute Gasteiger partial charge is 0.303 e. The lowest BCUT2D eigenvalue weighted by Crippen LogP contribution is -2.34. The van der Waals surface area contributed by atoms with E-state index in [1.165, 1.54) is 9.30 Å². The van der Waals surface area contributed by atoms with Crippen LogP contribution in [0.15, 0.2) is 28.0 Å². The van der Waals surface area contributed by atoms with Crippen molar-refractivity contribution < 1.29 is 14.7 Å². The second kappa shape index (κ2) is 9.41. The van der Waals surface area contributed by atoms with Gasteiger partial charge in [0.2, 0.25) is 0 Å². The Morgan fingerprint density at radius 3 is 2.75 bits per heavy atom. The Morgan fingerprint density at radius 2 is 2.03 bits per heavy atom. The molecule has 8 nitrogen and oxygen atoms in total. The number of aliphatic carboxylic acids is 1. The van der Waals surface area contributed by atoms with Gasteiger partial charge in [-0.05, 0) is 50.3 Å². The Bertz CT molecular complexity index is 1180. The summed E-state index contributed by atoms with van der Waals surface area (Å²) in [6.45, 7) is 3.78.